The van der Waals surface area contributed by atoms with Crippen molar-refractivity contribution in [3.63, 3.8) is 0 Å². The lowest BCUT2D eigenvalue weighted by Gasteiger charge is -2.09. The van der Waals surface area contributed by atoms with E-state index in [-0.39, 0.29) is 23.8 Å². The first-order valence-electron chi connectivity index (χ1n) is 9.37. The lowest BCUT2D eigenvalue weighted by Crippen LogP contribution is -2.28. The summed E-state index contributed by atoms with van der Waals surface area (Å²) in [5.74, 6) is -0.250. The highest BCUT2D eigenvalue weighted by molar-refractivity contribution is 7.89. The molecule has 0 aliphatic carbocycles. The molecule has 0 unspecified atom stereocenters. The molecule has 3 aromatic carbocycles. The van der Waals surface area contributed by atoms with Gasteiger partial charge in [0.25, 0.3) is 0 Å². The summed E-state index contributed by atoms with van der Waals surface area (Å²) in [6, 6.07) is 22.5. The van der Waals surface area contributed by atoms with Crippen LogP contribution in [0.25, 0.3) is 11.1 Å². The van der Waals surface area contributed by atoms with Crippen LogP contribution in [0.15, 0.2) is 77.7 Å². The number of nitrogens with one attached hydrogen (secondary N) is 2. The molecule has 0 aliphatic rings. The highest BCUT2D eigenvalue weighted by atomic mass is 32.2. The summed E-state index contributed by atoms with van der Waals surface area (Å²) in [6.07, 6.45) is 0.0461. The monoisotopic (exact) mass is 408 g/mol. The minimum Gasteiger partial charge on any atom is -0.326 e. The molecule has 0 fully saturated rings. The van der Waals surface area contributed by atoms with Gasteiger partial charge in [-0.2, -0.15) is 0 Å². The van der Waals surface area contributed by atoms with Crippen LogP contribution in [0.4, 0.5) is 5.69 Å². The van der Waals surface area contributed by atoms with E-state index in [1.165, 1.54) is 0 Å². The Morgan fingerprint density at radius 1 is 0.828 bits per heavy atom. The van der Waals surface area contributed by atoms with Gasteiger partial charge in [0, 0.05) is 18.7 Å². The number of rotatable bonds is 7. The van der Waals surface area contributed by atoms with E-state index in [1.807, 2.05) is 68.4 Å². The predicted molar refractivity (Wildman–Crippen MR) is 116 cm³/mol. The van der Waals surface area contributed by atoms with Gasteiger partial charge in [-0.05, 0) is 60.4 Å². The SMILES string of the molecule is Cc1ccc(S(=O)(=O)NCCC(=O)Nc2ccc(-c3ccccc3)cc2)cc1C. The second-order valence-corrected chi connectivity index (χ2v) is 8.65. The van der Waals surface area contributed by atoms with Gasteiger partial charge in [0.2, 0.25) is 15.9 Å². The molecular formula is C23H24N2O3S. The third-order valence-corrected chi connectivity index (χ3v) is 6.17. The van der Waals surface area contributed by atoms with Crippen LogP contribution in [0.2, 0.25) is 0 Å². The standard InChI is InChI=1S/C23H24N2O3S/c1-17-8-13-22(16-18(17)2)29(27,28)24-15-14-23(26)25-21-11-9-20(10-12-21)19-6-4-3-5-7-19/h3-13,16,24H,14-15H2,1-2H3,(H,25,26). The molecule has 2 N–H and O–H groups in total. The predicted octanol–water partition coefficient (Wildman–Crippen LogP) is 4.28. The number of carbonyl (C=O) groups excluding carboxylic acids is 1. The first-order valence-corrected chi connectivity index (χ1v) is 10.9. The molecule has 0 spiro atoms. The van der Waals surface area contributed by atoms with E-state index < -0.39 is 10.0 Å². The third kappa shape index (κ3) is 5.53. The molecule has 0 saturated carbocycles. The van der Waals surface area contributed by atoms with E-state index >= 15 is 0 Å². The first kappa shape index (κ1) is 20.8. The Labute approximate surface area is 171 Å². The Morgan fingerprint density at radius 3 is 2.14 bits per heavy atom. The lowest BCUT2D eigenvalue weighted by atomic mass is 10.1. The normalized spacial score (nSPS) is 11.2. The Balaban J connectivity index is 1.52. The molecule has 5 nitrogen and oxygen atoms in total. The number of hydrogen-bond acceptors (Lipinski definition) is 3. The molecule has 0 atom stereocenters. The molecule has 0 saturated heterocycles. The molecular weight excluding hydrogens is 384 g/mol. The molecule has 3 rings (SSSR count). The van der Waals surface area contributed by atoms with Gasteiger partial charge in [-0.15, -0.1) is 0 Å². The average Bonchev–Trinajstić information content (AvgIpc) is 2.71. The van der Waals surface area contributed by atoms with Crippen molar-refractivity contribution >= 4 is 21.6 Å². The highest BCUT2D eigenvalue weighted by Gasteiger charge is 2.15. The van der Waals surface area contributed by atoms with Gasteiger partial charge in [-0.1, -0.05) is 48.5 Å². The van der Waals surface area contributed by atoms with Crippen molar-refractivity contribution in [3.8, 4) is 11.1 Å². The maximum Gasteiger partial charge on any atom is 0.240 e. The molecule has 0 radical (unpaired) electrons. The largest absolute Gasteiger partial charge is 0.326 e. The minimum absolute atomic E-state index is 0.0309. The zero-order valence-corrected chi connectivity index (χ0v) is 17.3. The fourth-order valence-electron chi connectivity index (χ4n) is 2.86. The number of anilines is 1. The van der Waals surface area contributed by atoms with Crippen LogP contribution >= 0.6 is 0 Å². The highest BCUT2D eigenvalue weighted by Crippen LogP contribution is 2.21. The second-order valence-electron chi connectivity index (χ2n) is 6.89. The van der Waals surface area contributed by atoms with Gasteiger partial charge in [-0.25, -0.2) is 13.1 Å². The van der Waals surface area contributed by atoms with Crippen molar-refractivity contribution in [2.45, 2.75) is 25.2 Å². The van der Waals surface area contributed by atoms with Crippen LogP contribution in [-0.4, -0.2) is 20.9 Å². The van der Waals surface area contributed by atoms with Gasteiger partial charge >= 0.3 is 0 Å². The summed E-state index contributed by atoms with van der Waals surface area (Å²) in [6.45, 7) is 3.82. The summed E-state index contributed by atoms with van der Waals surface area (Å²) < 4.78 is 27.2. The van der Waals surface area contributed by atoms with E-state index in [9.17, 15) is 13.2 Å². The van der Waals surface area contributed by atoms with Crippen molar-refractivity contribution in [1.29, 1.82) is 0 Å². The Hall–Kier alpha value is -2.96. The zero-order valence-electron chi connectivity index (χ0n) is 16.5. The van der Waals surface area contributed by atoms with E-state index in [0.717, 1.165) is 22.3 Å². The van der Waals surface area contributed by atoms with Crippen LogP contribution in [0, 0.1) is 13.8 Å². The topological polar surface area (TPSA) is 75.3 Å². The number of hydrogen-bond donors (Lipinski definition) is 2. The van der Waals surface area contributed by atoms with Crippen molar-refractivity contribution < 1.29 is 13.2 Å². The fourth-order valence-corrected chi connectivity index (χ4v) is 3.98. The third-order valence-electron chi connectivity index (χ3n) is 4.71. The van der Waals surface area contributed by atoms with E-state index in [2.05, 4.69) is 10.0 Å². The van der Waals surface area contributed by atoms with Gasteiger partial charge in [0.1, 0.15) is 0 Å². The number of amides is 1. The summed E-state index contributed by atoms with van der Waals surface area (Å²) in [4.78, 5) is 12.3. The van der Waals surface area contributed by atoms with Gasteiger partial charge in [0.05, 0.1) is 4.90 Å². The Bertz CT molecular complexity index is 1090. The summed E-state index contributed by atoms with van der Waals surface area (Å²) in [5, 5.41) is 2.79. The van der Waals surface area contributed by atoms with Crippen LogP contribution in [-0.2, 0) is 14.8 Å². The summed E-state index contributed by atoms with van der Waals surface area (Å²) in [5.41, 5.74) is 4.77. The van der Waals surface area contributed by atoms with Crippen LogP contribution in [0.5, 0.6) is 0 Å². The number of aryl methyl sites for hydroxylation is 2. The quantitative estimate of drug-likeness (QED) is 0.613. The molecule has 0 heterocycles. The zero-order chi connectivity index (χ0) is 20.9. The van der Waals surface area contributed by atoms with Crippen LogP contribution < -0.4 is 10.0 Å². The van der Waals surface area contributed by atoms with E-state index in [4.69, 9.17) is 0 Å². The molecule has 6 heteroatoms. The number of benzene rings is 3. The fraction of sp³-hybridized carbons (Fsp3) is 0.174. The van der Waals surface area contributed by atoms with E-state index in [0.29, 0.717) is 5.69 Å². The van der Waals surface area contributed by atoms with Gasteiger partial charge in [-0.3, -0.25) is 4.79 Å². The number of carbonyl (C=O) groups is 1. The van der Waals surface area contributed by atoms with Crippen molar-refractivity contribution in [3.05, 3.63) is 83.9 Å². The molecule has 3 aromatic rings. The Kier molecular flexibility index (Phi) is 6.46. The van der Waals surface area contributed by atoms with Crippen LogP contribution in [0.3, 0.4) is 0 Å². The molecule has 29 heavy (non-hydrogen) atoms. The maximum atomic E-state index is 12.4. The first-order chi connectivity index (χ1) is 13.8. The maximum absolute atomic E-state index is 12.4. The van der Waals surface area contributed by atoms with Crippen molar-refractivity contribution in [2.24, 2.45) is 0 Å². The second kappa shape index (κ2) is 9.03. The molecule has 0 bridgehead atoms. The summed E-state index contributed by atoms with van der Waals surface area (Å²) >= 11 is 0. The molecule has 0 aliphatic heterocycles. The molecule has 1 amide bonds. The van der Waals surface area contributed by atoms with E-state index in [1.54, 1.807) is 18.2 Å². The average molecular weight is 409 g/mol. The lowest BCUT2D eigenvalue weighted by molar-refractivity contribution is -0.116. The Morgan fingerprint density at radius 2 is 1.48 bits per heavy atom. The van der Waals surface area contributed by atoms with Gasteiger partial charge in [0.15, 0.2) is 0 Å². The van der Waals surface area contributed by atoms with Crippen LogP contribution in [0.1, 0.15) is 17.5 Å². The minimum atomic E-state index is -3.63. The van der Waals surface area contributed by atoms with Crippen molar-refractivity contribution in [2.75, 3.05) is 11.9 Å². The summed E-state index contributed by atoms with van der Waals surface area (Å²) in [7, 11) is -3.63. The van der Waals surface area contributed by atoms with Gasteiger partial charge < -0.3 is 5.32 Å². The number of sulfonamides is 1. The van der Waals surface area contributed by atoms with Crippen molar-refractivity contribution in [1.82, 2.24) is 4.72 Å². The molecule has 150 valence electrons. The molecule has 0 aromatic heterocycles. The smallest absolute Gasteiger partial charge is 0.240 e.